The molecule has 444 valence electrons. The van der Waals surface area contributed by atoms with E-state index >= 15 is 0 Å². The molecule has 2 aliphatic rings. The minimum atomic E-state index is -0.741. The summed E-state index contributed by atoms with van der Waals surface area (Å²) in [6, 6.07) is 37.0. The highest BCUT2D eigenvalue weighted by Crippen LogP contribution is 2.42. The first-order valence-electron chi connectivity index (χ1n) is 28.4. The summed E-state index contributed by atoms with van der Waals surface area (Å²) in [4.78, 5) is 28.0. The number of methoxy groups -OCH3 is 1. The van der Waals surface area contributed by atoms with Crippen molar-refractivity contribution in [1.29, 1.82) is 0 Å². The smallest absolute Gasteiger partial charge is 0.311 e. The number of hydrogen-bond acceptors (Lipinski definition) is 11. The number of aryl methyl sites for hydroxylation is 1. The minimum absolute atomic E-state index is 0.00832. The lowest BCUT2D eigenvalue weighted by Gasteiger charge is -2.24. The Morgan fingerprint density at radius 3 is 1.40 bits per heavy atom. The molecule has 3 N–H and O–H groups in total. The molecule has 87 heavy (non-hydrogen) atoms. The van der Waals surface area contributed by atoms with Gasteiger partial charge in [-0.05, 0) is 91.8 Å². The van der Waals surface area contributed by atoms with Gasteiger partial charge in [0, 0.05) is 68.8 Å². The second-order valence-corrected chi connectivity index (χ2v) is 24.2. The Labute approximate surface area is 514 Å². The van der Waals surface area contributed by atoms with Crippen LogP contribution in [-0.4, -0.2) is 53.3 Å². The van der Waals surface area contributed by atoms with Gasteiger partial charge in [0.2, 0.25) is 0 Å². The maximum atomic E-state index is 14.6. The van der Waals surface area contributed by atoms with Gasteiger partial charge in [0.05, 0.1) is 35.6 Å². The van der Waals surface area contributed by atoms with E-state index in [0.29, 0.717) is 61.8 Å². The molecule has 0 aliphatic heterocycles. The zero-order valence-corrected chi connectivity index (χ0v) is 50.2. The third-order valence-electron chi connectivity index (χ3n) is 15.5. The number of thiazole rings is 3. The molecule has 0 saturated heterocycles. The Morgan fingerprint density at radius 2 is 0.966 bits per heavy atom. The number of aromatic nitrogens is 6. The van der Waals surface area contributed by atoms with Crippen molar-refractivity contribution in [3.05, 3.63) is 201 Å². The standard InChI is InChI=1S/C23H21F2N3S.C22H19F2N3S.C21H16ClF2N3O2S/c24-16-11-12-18(19(25)13-16)21-22(26-17-9-5-2-6-10-17)28-20(14-29-23(28)27-21)15-7-3-1-4-8-15;23-15-10-11-17(18(24)12-15)20-21(25-16-8-4-5-9-16)27-19(13-28-22(27)26-20)14-6-2-1-3-7-14;1-11-4-3-5-15(22)18(11)25-20-19(14-7-6-12(23)8-16(14)24)26-21-27(20)13(10-30-21)9-17(28)29-2/h1,3-4,7-8,11-14,17,26H,2,5-6,9-10H2;1-3,6-7,10-13,16,25H,4-5,8-9H2;3-8,10,25H,9H2,1-2H3. The highest BCUT2D eigenvalue weighted by molar-refractivity contribution is 7.16. The van der Waals surface area contributed by atoms with Crippen LogP contribution in [0.1, 0.15) is 69.0 Å². The Balaban J connectivity index is 0.000000127. The Morgan fingerprint density at radius 1 is 0.540 bits per heavy atom. The number of anilines is 4. The van der Waals surface area contributed by atoms with Crippen molar-refractivity contribution < 1.29 is 35.9 Å². The van der Waals surface area contributed by atoms with Crippen LogP contribution in [0.5, 0.6) is 0 Å². The van der Waals surface area contributed by atoms with Crippen molar-refractivity contribution in [3.63, 3.8) is 0 Å². The molecule has 0 atom stereocenters. The van der Waals surface area contributed by atoms with E-state index < -0.39 is 40.9 Å². The molecular formula is C66H56ClF6N9O2S3. The predicted molar refractivity (Wildman–Crippen MR) is 338 cm³/mol. The Kier molecular flexibility index (Phi) is 17.5. The van der Waals surface area contributed by atoms with Gasteiger partial charge in [-0.1, -0.05) is 117 Å². The fraction of sp³-hybridized carbons (Fsp3) is 0.212. The van der Waals surface area contributed by atoms with Gasteiger partial charge >= 0.3 is 5.97 Å². The topological polar surface area (TPSA) is 114 Å². The van der Waals surface area contributed by atoms with Gasteiger partial charge in [-0.15, -0.1) is 34.0 Å². The molecule has 6 aromatic heterocycles. The molecule has 0 spiro atoms. The second-order valence-electron chi connectivity index (χ2n) is 21.3. The summed E-state index contributed by atoms with van der Waals surface area (Å²) in [5, 5.41) is 16.9. The van der Waals surface area contributed by atoms with Gasteiger partial charge in [-0.2, -0.15) is 0 Å². The van der Waals surface area contributed by atoms with Crippen LogP contribution in [0.25, 0.3) is 71.2 Å². The number of rotatable bonds is 13. The molecule has 21 heteroatoms. The molecule has 6 heterocycles. The van der Waals surface area contributed by atoms with Crippen LogP contribution in [0.4, 0.5) is 49.5 Å². The summed E-state index contributed by atoms with van der Waals surface area (Å²) >= 11 is 10.7. The maximum absolute atomic E-state index is 14.6. The maximum Gasteiger partial charge on any atom is 0.311 e. The molecule has 2 fully saturated rings. The highest BCUT2D eigenvalue weighted by atomic mass is 35.5. The molecule has 0 bridgehead atoms. The van der Waals surface area contributed by atoms with E-state index in [-0.39, 0.29) is 17.7 Å². The van der Waals surface area contributed by atoms with Crippen molar-refractivity contribution in [1.82, 2.24) is 28.2 Å². The van der Waals surface area contributed by atoms with Gasteiger partial charge in [-0.3, -0.25) is 18.0 Å². The summed E-state index contributed by atoms with van der Waals surface area (Å²) in [5.41, 5.74) is 8.42. The number of ether oxygens (including phenoxy) is 1. The molecule has 6 aromatic carbocycles. The number of nitrogens with zero attached hydrogens (tertiary/aromatic N) is 6. The van der Waals surface area contributed by atoms with E-state index in [2.05, 4.69) is 64.8 Å². The van der Waals surface area contributed by atoms with Gasteiger partial charge < -0.3 is 20.7 Å². The summed E-state index contributed by atoms with van der Waals surface area (Å²) in [6.45, 7) is 1.88. The normalized spacial score (nSPS) is 13.6. The van der Waals surface area contributed by atoms with Crippen LogP contribution in [0.3, 0.4) is 0 Å². The molecule has 11 nitrogen and oxygen atoms in total. The van der Waals surface area contributed by atoms with E-state index in [1.165, 1.54) is 110 Å². The number of nitrogens with one attached hydrogen (secondary N) is 3. The number of para-hydroxylation sites is 1. The lowest BCUT2D eigenvalue weighted by molar-refractivity contribution is -0.139. The quantitative estimate of drug-likeness (QED) is 0.0773. The second kappa shape index (κ2) is 25.9. The summed E-state index contributed by atoms with van der Waals surface area (Å²) < 4.78 is 94.9. The first kappa shape index (κ1) is 58.9. The molecule has 0 unspecified atom stereocenters. The van der Waals surface area contributed by atoms with Gasteiger partial charge in [-0.25, -0.2) is 41.3 Å². The number of carbonyl (C=O) groups is 1. The first-order valence-corrected chi connectivity index (χ1v) is 31.4. The largest absolute Gasteiger partial charge is 0.469 e. The van der Waals surface area contributed by atoms with Gasteiger partial charge in [0.1, 0.15) is 69.4 Å². The monoisotopic (exact) mass is 1250 g/mol. The summed E-state index contributed by atoms with van der Waals surface area (Å²) in [6.07, 6.45) is 10.4. The van der Waals surface area contributed by atoms with Crippen molar-refractivity contribution >= 4 is 89.6 Å². The van der Waals surface area contributed by atoms with Crippen LogP contribution in [0.15, 0.2) is 150 Å². The number of carbonyl (C=O) groups excluding carboxylic acids is 1. The average molecular weight is 1250 g/mol. The van der Waals surface area contributed by atoms with Gasteiger partial charge in [0.15, 0.2) is 14.9 Å². The van der Waals surface area contributed by atoms with Gasteiger partial charge in [0.25, 0.3) is 0 Å². The molecule has 2 aliphatic carbocycles. The molecule has 2 saturated carbocycles. The number of hydrogen-bond donors (Lipinski definition) is 3. The number of fused-ring (bicyclic) bond motifs is 3. The van der Waals surface area contributed by atoms with Crippen LogP contribution in [0.2, 0.25) is 5.02 Å². The Bertz CT molecular complexity index is 4410. The van der Waals surface area contributed by atoms with E-state index in [9.17, 15) is 31.1 Å². The Hall–Kier alpha value is -8.43. The number of esters is 1. The lowest BCUT2D eigenvalue weighted by atomic mass is 9.95. The molecule has 14 rings (SSSR count). The van der Waals surface area contributed by atoms with E-state index in [4.69, 9.17) is 26.3 Å². The van der Waals surface area contributed by atoms with E-state index in [0.717, 1.165) is 93.5 Å². The fourth-order valence-corrected chi connectivity index (χ4v) is 14.2. The van der Waals surface area contributed by atoms with Crippen LogP contribution in [0, 0.1) is 41.8 Å². The minimum Gasteiger partial charge on any atom is -0.469 e. The molecule has 0 amide bonds. The highest BCUT2D eigenvalue weighted by Gasteiger charge is 2.28. The predicted octanol–water partition coefficient (Wildman–Crippen LogP) is 18.9. The lowest BCUT2D eigenvalue weighted by Crippen LogP contribution is -2.23. The van der Waals surface area contributed by atoms with Crippen LogP contribution >= 0.6 is 45.6 Å². The fourth-order valence-electron chi connectivity index (χ4n) is 11.2. The van der Waals surface area contributed by atoms with Crippen molar-refractivity contribution in [2.24, 2.45) is 0 Å². The van der Waals surface area contributed by atoms with E-state index in [1.54, 1.807) is 15.8 Å². The molecule has 12 aromatic rings. The van der Waals surface area contributed by atoms with E-state index in [1.807, 2.05) is 55.5 Å². The number of benzene rings is 6. The third-order valence-corrected chi connectivity index (χ3v) is 18.4. The zero-order valence-electron chi connectivity index (χ0n) is 47.0. The SMILES string of the molecule is COC(=O)Cc1csc2nc(-c3ccc(F)cc3F)c(Nc3c(C)cccc3Cl)n12.Fc1ccc(-c2nc3scc(-c4ccccc4)n3c2NC2CCCC2)c(F)c1.Fc1ccc(-c2nc3scc(-c4ccccc4)n3c2NC2CCCCC2)c(F)c1. The number of imidazole rings is 3. The average Bonchev–Trinajstić information content (AvgIpc) is 1.72. The summed E-state index contributed by atoms with van der Waals surface area (Å²) in [5.74, 6) is -2.20. The first-order chi connectivity index (χ1) is 42.3. The summed E-state index contributed by atoms with van der Waals surface area (Å²) in [7, 11) is 1.31. The van der Waals surface area contributed by atoms with Crippen molar-refractivity contribution in [2.45, 2.75) is 83.2 Å². The van der Waals surface area contributed by atoms with Crippen molar-refractivity contribution in [3.8, 4) is 56.3 Å². The zero-order chi connectivity index (χ0) is 60.3. The number of halogens is 7. The van der Waals surface area contributed by atoms with Crippen molar-refractivity contribution in [2.75, 3.05) is 23.1 Å². The van der Waals surface area contributed by atoms with Crippen LogP contribution in [-0.2, 0) is 16.0 Å². The molecule has 0 radical (unpaired) electrons. The molecular weight excluding hydrogens is 1200 g/mol. The van der Waals surface area contributed by atoms with Crippen LogP contribution < -0.4 is 16.0 Å². The third kappa shape index (κ3) is 12.5.